The Labute approximate surface area is 283 Å². The van der Waals surface area contributed by atoms with Crippen molar-refractivity contribution in [1.82, 2.24) is 24.9 Å². The summed E-state index contributed by atoms with van der Waals surface area (Å²) < 4.78 is 32.8. The number of benzene rings is 1. The van der Waals surface area contributed by atoms with Gasteiger partial charge in [-0.1, -0.05) is 5.92 Å². The molecule has 0 aliphatic carbocycles. The average Bonchev–Trinajstić information content (AvgIpc) is 3.28. The zero-order valence-electron chi connectivity index (χ0n) is 26.6. The maximum atomic E-state index is 13.8. The molecule has 0 unspecified atom stereocenters. The molecule has 0 bridgehead atoms. The fourth-order valence-electron chi connectivity index (χ4n) is 6.63. The van der Waals surface area contributed by atoms with Crippen LogP contribution in [0.1, 0.15) is 49.6 Å². The van der Waals surface area contributed by atoms with Crippen molar-refractivity contribution in [1.29, 1.82) is 0 Å². The minimum absolute atomic E-state index is 0. The molecule has 3 N–H and O–H groups in total. The van der Waals surface area contributed by atoms with Gasteiger partial charge in [0, 0.05) is 49.8 Å². The lowest BCUT2D eigenvalue weighted by Crippen LogP contribution is -2.75. The summed E-state index contributed by atoms with van der Waals surface area (Å²) in [5.74, 6) is 5.25. The standard InChI is InChI=1S/C31H42N6O6S.2ClH/c1-5-6-15-36-29(39)27(28(38)23-11-18-43-19-12-23)32-30(40)31(36)13-16-35(17-14-31)20-26-21(2)33-37(22(26)3)25-9-7-24(8-10-25)34-44(4,41)42;;/h7-10,23,27-28,34,38H,11-20H2,1-4H3,(H,32,40);2*1H/t27-,28-;;/m1../s1. The van der Waals surface area contributed by atoms with Crippen LogP contribution in [-0.4, -0.2) is 102 Å². The second-order valence-corrected chi connectivity index (χ2v) is 13.8. The molecule has 1 aromatic heterocycles. The predicted octanol–water partition coefficient (Wildman–Crippen LogP) is 2.18. The van der Waals surface area contributed by atoms with Crippen molar-refractivity contribution in [2.24, 2.45) is 5.92 Å². The molecule has 2 atom stereocenters. The molecule has 254 valence electrons. The Morgan fingerprint density at radius 3 is 2.35 bits per heavy atom. The lowest BCUT2D eigenvalue weighted by Gasteiger charge is -2.52. The number of rotatable bonds is 8. The Morgan fingerprint density at radius 2 is 1.76 bits per heavy atom. The van der Waals surface area contributed by atoms with Crippen LogP contribution in [0.5, 0.6) is 0 Å². The number of sulfonamides is 1. The largest absolute Gasteiger partial charge is 0.390 e. The fourth-order valence-corrected chi connectivity index (χ4v) is 7.19. The summed E-state index contributed by atoms with van der Waals surface area (Å²) in [6, 6.07) is 6.06. The number of piperidine rings is 1. The summed E-state index contributed by atoms with van der Waals surface area (Å²) >= 11 is 0. The maximum absolute atomic E-state index is 13.8. The molecule has 3 aliphatic heterocycles. The van der Waals surface area contributed by atoms with Crippen LogP contribution in [0.15, 0.2) is 24.3 Å². The van der Waals surface area contributed by atoms with Gasteiger partial charge in [0.2, 0.25) is 21.8 Å². The van der Waals surface area contributed by atoms with Crippen molar-refractivity contribution in [3.8, 4) is 17.5 Å². The van der Waals surface area contributed by atoms with Gasteiger partial charge < -0.3 is 20.1 Å². The van der Waals surface area contributed by atoms with E-state index in [9.17, 15) is 23.1 Å². The topological polar surface area (TPSA) is 146 Å². The zero-order chi connectivity index (χ0) is 31.6. The summed E-state index contributed by atoms with van der Waals surface area (Å²) in [6.45, 7) is 8.73. The molecule has 15 heteroatoms. The minimum Gasteiger partial charge on any atom is -0.390 e. The Kier molecular flexibility index (Phi) is 12.6. The highest BCUT2D eigenvalue weighted by molar-refractivity contribution is 7.92. The number of aliphatic hydroxyl groups is 1. The summed E-state index contributed by atoms with van der Waals surface area (Å²) in [5.41, 5.74) is 3.22. The van der Waals surface area contributed by atoms with Crippen molar-refractivity contribution in [3.05, 3.63) is 41.2 Å². The normalized spacial score (nSPS) is 21.0. The first-order valence-corrected chi connectivity index (χ1v) is 17.0. The fraction of sp³-hybridized carbons (Fsp3) is 0.581. The minimum atomic E-state index is -3.37. The third-order valence-corrected chi connectivity index (χ3v) is 9.79. The van der Waals surface area contributed by atoms with Gasteiger partial charge in [-0.25, -0.2) is 13.1 Å². The van der Waals surface area contributed by atoms with E-state index < -0.39 is 27.7 Å². The van der Waals surface area contributed by atoms with Crippen LogP contribution < -0.4 is 10.0 Å². The molecule has 4 heterocycles. The first-order valence-electron chi connectivity index (χ1n) is 15.1. The van der Waals surface area contributed by atoms with E-state index >= 15 is 0 Å². The number of ether oxygens (including phenoxy) is 1. The average molecular weight is 700 g/mol. The number of nitrogens with one attached hydrogen (secondary N) is 2. The molecule has 3 saturated heterocycles. The van der Waals surface area contributed by atoms with Gasteiger partial charge in [0.15, 0.2) is 0 Å². The van der Waals surface area contributed by atoms with Crippen molar-refractivity contribution in [2.75, 3.05) is 43.8 Å². The smallest absolute Gasteiger partial charge is 0.249 e. The van der Waals surface area contributed by atoms with E-state index in [0.717, 1.165) is 28.9 Å². The van der Waals surface area contributed by atoms with Crippen LogP contribution in [0, 0.1) is 31.6 Å². The third-order valence-electron chi connectivity index (χ3n) is 9.18. The first-order chi connectivity index (χ1) is 20.9. The van der Waals surface area contributed by atoms with Gasteiger partial charge in [0.1, 0.15) is 11.6 Å². The molecule has 3 fully saturated rings. The second kappa shape index (κ2) is 15.4. The van der Waals surface area contributed by atoms with Gasteiger partial charge in [-0.2, -0.15) is 5.10 Å². The number of hydrogen-bond acceptors (Lipinski definition) is 8. The predicted molar refractivity (Wildman–Crippen MR) is 180 cm³/mol. The molecule has 2 aromatic rings. The zero-order valence-corrected chi connectivity index (χ0v) is 29.1. The molecule has 1 spiro atoms. The summed E-state index contributed by atoms with van der Waals surface area (Å²) in [7, 11) is -3.37. The van der Waals surface area contributed by atoms with Crippen molar-refractivity contribution < 1.29 is 27.9 Å². The number of amides is 2. The molecule has 0 radical (unpaired) electrons. The van der Waals surface area contributed by atoms with Crippen molar-refractivity contribution in [2.45, 2.75) is 70.7 Å². The summed E-state index contributed by atoms with van der Waals surface area (Å²) in [6.07, 6.45) is 2.35. The van der Waals surface area contributed by atoms with Gasteiger partial charge in [0.25, 0.3) is 0 Å². The molecule has 12 nitrogen and oxygen atoms in total. The van der Waals surface area contributed by atoms with E-state index in [4.69, 9.17) is 9.84 Å². The lowest BCUT2D eigenvalue weighted by molar-refractivity contribution is -0.165. The number of likely N-dealkylation sites (tertiary alicyclic amines) is 1. The number of aromatic nitrogens is 2. The number of carbonyl (C=O) groups is 2. The highest BCUT2D eigenvalue weighted by atomic mass is 35.5. The van der Waals surface area contributed by atoms with E-state index in [1.165, 1.54) is 0 Å². The van der Waals surface area contributed by atoms with E-state index in [2.05, 4.69) is 26.8 Å². The molecular weight excluding hydrogens is 655 g/mol. The summed E-state index contributed by atoms with van der Waals surface area (Å²) in [5, 5.41) is 18.8. The molecule has 3 aliphatic rings. The van der Waals surface area contributed by atoms with Crippen LogP contribution in [0.3, 0.4) is 0 Å². The van der Waals surface area contributed by atoms with Crippen molar-refractivity contribution >= 4 is 52.3 Å². The van der Waals surface area contributed by atoms with Gasteiger partial charge in [-0.3, -0.25) is 19.2 Å². The lowest BCUT2D eigenvalue weighted by atomic mass is 9.79. The van der Waals surface area contributed by atoms with E-state index in [0.29, 0.717) is 64.2 Å². The van der Waals surface area contributed by atoms with Crippen LogP contribution in [-0.2, 0) is 30.9 Å². The SMILES string of the molecule is CC#CCN1C(=O)[C@@H]([C@H](O)C2CCOCC2)NC(=O)C12CCN(Cc1c(C)nn(-c3ccc(NS(C)(=O)=O)cc3)c1C)CC2.Cl.Cl. The Morgan fingerprint density at radius 1 is 1.13 bits per heavy atom. The number of hydrogen-bond donors (Lipinski definition) is 3. The molecule has 46 heavy (non-hydrogen) atoms. The number of aliphatic hydroxyl groups excluding tert-OH is 1. The molecule has 5 rings (SSSR count). The van der Waals surface area contributed by atoms with E-state index in [1.54, 1.807) is 24.0 Å². The van der Waals surface area contributed by atoms with E-state index in [-0.39, 0.29) is 49.1 Å². The molecule has 0 saturated carbocycles. The number of piperazine rings is 1. The van der Waals surface area contributed by atoms with Crippen LogP contribution in [0.2, 0.25) is 0 Å². The molecule has 2 amide bonds. The monoisotopic (exact) mass is 698 g/mol. The number of halogens is 2. The van der Waals surface area contributed by atoms with Gasteiger partial charge >= 0.3 is 0 Å². The second-order valence-electron chi connectivity index (χ2n) is 12.0. The maximum Gasteiger partial charge on any atom is 0.249 e. The van der Waals surface area contributed by atoms with Crippen LogP contribution in [0.4, 0.5) is 5.69 Å². The van der Waals surface area contributed by atoms with Gasteiger partial charge in [-0.05, 0) is 76.6 Å². The number of nitrogens with zero attached hydrogens (tertiary/aromatic N) is 4. The number of carbonyl (C=O) groups excluding carboxylic acids is 2. The molecular formula is C31H44Cl2N6O6S. The third kappa shape index (κ3) is 7.81. The first kappa shape index (κ1) is 37.6. The van der Waals surface area contributed by atoms with Crippen LogP contribution >= 0.6 is 24.8 Å². The Balaban J connectivity index is 0.00000288. The highest BCUT2D eigenvalue weighted by Crippen LogP contribution is 2.35. The molecule has 1 aromatic carbocycles. The quantitative estimate of drug-likeness (QED) is 0.356. The van der Waals surface area contributed by atoms with E-state index in [1.807, 2.05) is 30.7 Å². The highest BCUT2D eigenvalue weighted by Gasteiger charge is 2.55. The van der Waals surface area contributed by atoms with Crippen LogP contribution in [0.25, 0.3) is 5.69 Å². The number of aryl methyl sites for hydroxylation is 1. The Bertz CT molecular complexity index is 1560. The Hall–Kier alpha value is -2.86. The van der Waals surface area contributed by atoms with Gasteiger partial charge in [0.05, 0.1) is 30.3 Å². The van der Waals surface area contributed by atoms with Crippen molar-refractivity contribution in [3.63, 3.8) is 0 Å². The number of anilines is 1. The van der Waals surface area contributed by atoms with Gasteiger partial charge in [-0.15, -0.1) is 30.7 Å². The summed E-state index contributed by atoms with van der Waals surface area (Å²) in [4.78, 5) is 31.5.